The normalized spacial score (nSPS) is 21.3. The molecule has 1 aliphatic heterocycles. The average molecular weight is 307 g/mol. The highest BCUT2D eigenvalue weighted by atomic mass is 16.5. The largest absolute Gasteiger partial charge is 0.495 e. The van der Waals surface area contributed by atoms with Crippen molar-refractivity contribution in [3.8, 4) is 5.75 Å². The molecule has 0 aliphatic carbocycles. The Morgan fingerprint density at radius 3 is 2.95 bits per heavy atom. The lowest BCUT2D eigenvalue weighted by atomic mass is 9.91. The summed E-state index contributed by atoms with van der Waals surface area (Å²) in [5.41, 5.74) is 0.637. The van der Waals surface area contributed by atoms with E-state index in [0.29, 0.717) is 24.4 Å². The van der Waals surface area contributed by atoms with Gasteiger partial charge in [0.2, 0.25) is 0 Å². The molecule has 2 heterocycles. The van der Waals surface area contributed by atoms with Crippen LogP contribution >= 0.6 is 0 Å². The number of rotatable bonds is 4. The van der Waals surface area contributed by atoms with Gasteiger partial charge >= 0.3 is 12.0 Å². The van der Waals surface area contributed by atoms with Gasteiger partial charge < -0.3 is 20.1 Å². The van der Waals surface area contributed by atoms with E-state index in [-0.39, 0.29) is 25.0 Å². The van der Waals surface area contributed by atoms with Crippen LogP contribution < -0.4 is 10.1 Å². The Morgan fingerprint density at radius 1 is 1.50 bits per heavy atom. The minimum atomic E-state index is -0.851. The van der Waals surface area contributed by atoms with E-state index in [1.807, 2.05) is 6.92 Å². The number of methoxy groups -OCH3 is 1. The highest BCUT2D eigenvalue weighted by Gasteiger charge is 2.31. The molecule has 1 fully saturated rings. The van der Waals surface area contributed by atoms with Crippen molar-refractivity contribution in [1.29, 1.82) is 0 Å². The van der Waals surface area contributed by atoms with Crippen molar-refractivity contribution in [3.63, 3.8) is 0 Å². The van der Waals surface area contributed by atoms with Crippen LogP contribution in [-0.4, -0.2) is 47.2 Å². The highest BCUT2D eigenvalue weighted by molar-refractivity contribution is 5.76. The molecule has 0 bridgehead atoms. The molecule has 120 valence electrons. The number of carbonyl (C=O) groups excluding carboxylic acids is 1. The molecule has 0 saturated carbocycles. The van der Waals surface area contributed by atoms with E-state index in [1.54, 1.807) is 30.3 Å². The summed E-state index contributed by atoms with van der Waals surface area (Å²) in [6, 6.07) is 3.26. The molecule has 1 aliphatic rings. The molecule has 7 nitrogen and oxygen atoms in total. The Morgan fingerprint density at radius 2 is 2.27 bits per heavy atom. The van der Waals surface area contributed by atoms with Crippen LogP contribution in [0.15, 0.2) is 18.3 Å². The van der Waals surface area contributed by atoms with E-state index in [1.165, 1.54) is 0 Å². The number of carboxylic acids is 1. The van der Waals surface area contributed by atoms with Gasteiger partial charge in [0.05, 0.1) is 19.6 Å². The number of carbonyl (C=O) groups is 2. The standard InChI is InChI=1S/C15H21N3O4/c1-10-6-11(14(19)20)9-18(8-10)15(21)17-7-12-13(22-2)4-3-5-16-12/h3-5,10-11H,6-9H2,1-2H3,(H,17,21)(H,19,20). The molecular formula is C15H21N3O4. The number of aliphatic carboxylic acids is 1. The summed E-state index contributed by atoms with van der Waals surface area (Å²) in [5, 5.41) is 11.9. The summed E-state index contributed by atoms with van der Waals surface area (Å²) in [6.45, 7) is 3.00. The molecule has 22 heavy (non-hydrogen) atoms. The first-order valence-electron chi connectivity index (χ1n) is 7.24. The number of carboxylic acid groups (broad SMARTS) is 1. The molecule has 1 aromatic heterocycles. The molecular weight excluding hydrogens is 286 g/mol. The number of hydrogen-bond donors (Lipinski definition) is 2. The second-order valence-corrected chi connectivity index (χ2v) is 5.59. The lowest BCUT2D eigenvalue weighted by Gasteiger charge is -2.34. The number of urea groups is 1. The van der Waals surface area contributed by atoms with Gasteiger partial charge in [-0.05, 0) is 24.5 Å². The molecule has 1 saturated heterocycles. The zero-order chi connectivity index (χ0) is 16.1. The van der Waals surface area contributed by atoms with Gasteiger partial charge in [0, 0.05) is 19.3 Å². The van der Waals surface area contributed by atoms with E-state index in [4.69, 9.17) is 9.84 Å². The third-order valence-electron chi connectivity index (χ3n) is 3.77. The number of piperidine rings is 1. The molecule has 2 rings (SSSR count). The van der Waals surface area contributed by atoms with E-state index in [9.17, 15) is 9.59 Å². The van der Waals surface area contributed by atoms with Crippen molar-refractivity contribution in [2.45, 2.75) is 19.9 Å². The lowest BCUT2D eigenvalue weighted by molar-refractivity contribution is -0.143. The summed E-state index contributed by atoms with van der Waals surface area (Å²) in [6.07, 6.45) is 2.24. The van der Waals surface area contributed by atoms with Gasteiger partial charge in [-0.1, -0.05) is 6.92 Å². The number of nitrogens with one attached hydrogen (secondary N) is 1. The van der Waals surface area contributed by atoms with Crippen molar-refractivity contribution in [2.75, 3.05) is 20.2 Å². The first-order valence-corrected chi connectivity index (χ1v) is 7.24. The second-order valence-electron chi connectivity index (χ2n) is 5.59. The number of nitrogens with zero attached hydrogens (tertiary/aromatic N) is 2. The lowest BCUT2D eigenvalue weighted by Crippen LogP contribution is -2.49. The maximum absolute atomic E-state index is 12.2. The molecule has 0 radical (unpaired) electrons. The summed E-state index contributed by atoms with van der Waals surface area (Å²) in [4.78, 5) is 29.1. The topological polar surface area (TPSA) is 91.8 Å². The van der Waals surface area contributed by atoms with E-state index in [2.05, 4.69) is 10.3 Å². The Hall–Kier alpha value is -2.31. The number of aromatic nitrogens is 1. The molecule has 2 unspecified atom stereocenters. The quantitative estimate of drug-likeness (QED) is 0.876. The molecule has 0 spiro atoms. The van der Waals surface area contributed by atoms with Crippen LogP contribution in [-0.2, 0) is 11.3 Å². The van der Waals surface area contributed by atoms with Crippen LogP contribution in [0.3, 0.4) is 0 Å². The minimum absolute atomic E-state index is 0.171. The van der Waals surface area contributed by atoms with Crippen LogP contribution in [0.1, 0.15) is 19.0 Å². The van der Waals surface area contributed by atoms with Crippen molar-refractivity contribution in [3.05, 3.63) is 24.0 Å². The van der Waals surface area contributed by atoms with Crippen LogP contribution in [0.25, 0.3) is 0 Å². The fourth-order valence-electron chi connectivity index (χ4n) is 2.71. The summed E-state index contributed by atoms with van der Waals surface area (Å²) < 4.78 is 5.18. The first kappa shape index (κ1) is 16.1. The number of amides is 2. The van der Waals surface area contributed by atoms with Gasteiger partial charge in [-0.2, -0.15) is 0 Å². The van der Waals surface area contributed by atoms with Gasteiger partial charge in [-0.25, -0.2) is 4.79 Å². The number of hydrogen-bond acceptors (Lipinski definition) is 4. The predicted molar refractivity (Wildman–Crippen MR) is 79.5 cm³/mol. The van der Waals surface area contributed by atoms with Crippen molar-refractivity contribution in [1.82, 2.24) is 15.2 Å². The minimum Gasteiger partial charge on any atom is -0.495 e. The Labute approximate surface area is 129 Å². The molecule has 2 N–H and O–H groups in total. The molecule has 7 heteroatoms. The van der Waals surface area contributed by atoms with E-state index < -0.39 is 11.9 Å². The third-order valence-corrected chi connectivity index (χ3v) is 3.77. The predicted octanol–water partition coefficient (Wildman–Crippen LogP) is 1.34. The second kappa shape index (κ2) is 7.11. The third kappa shape index (κ3) is 3.87. The zero-order valence-electron chi connectivity index (χ0n) is 12.8. The number of pyridine rings is 1. The Balaban J connectivity index is 1.95. The first-order chi connectivity index (χ1) is 10.5. The summed E-state index contributed by atoms with van der Waals surface area (Å²) >= 11 is 0. The molecule has 2 amide bonds. The smallest absolute Gasteiger partial charge is 0.317 e. The number of ether oxygens (including phenoxy) is 1. The van der Waals surface area contributed by atoms with Crippen LogP contribution in [0.4, 0.5) is 4.79 Å². The van der Waals surface area contributed by atoms with Crippen molar-refractivity contribution < 1.29 is 19.4 Å². The van der Waals surface area contributed by atoms with E-state index in [0.717, 1.165) is 0 Å². The number of likely N-dealkylation sites (tertiary alicyclic amines) is 1. The highest BCUT2D eigenvalue weighted by Crippen LogP contribution is 2.22. The van der Waals surface area contributed by atoms with Gasteiger partial charge in [0.25, 0.3) is 0 Å². The van der Waals surface area contributed by atoms with Crippen molar-refractivity contribution in [2.24, 2.45) is 11.8 Å². The van der Waals surface area contributed by atoms with Gasteiger partial charge in [0.15, 0.2) is 0 Å². The Bertz CT molecular complexity index is 549. The van der Waals surface area contributed by atoms with Gasteiger partial charge in [-0.15, -0.1) is 0 Å². The van der Waals surface area contributed by atoms with Crippen LogP contribution in [0.5, 0.6) is 5.75 Å². The summed E-state index contributed by atoms with van der Waals surface area (Å²) in [7, 11) is 1.55. The van der Waals surface area contributed by atoms with Crippen LogP contribution in [0, 0.1) is 11.8 Å². The van der Waals surface area contributed by atoms with Gasteiger partial charge in [-0.3, -0.25) is 9.78 Å². The Kier molecular flexibility index (Phi) is 5.19. The van der Waals surface area contributed by atoms with E-state index >= 15 is 0 Å². The molecule has 2 atom stereocenters. The average Bonchev–Trinajstić information content (AvgIpc) is 2.52. The maximum atomic E-state index is 12.2. The fraction of sp³-hybridized carbons (Fsp3) is 0.533. The fourth-order valence-corrected chi connectivity index (χ4v) is 2.71. The SMILES string of the molecule is COc1cccnc1CNC(=O)N1CC(C)CC(C(=O)O)C1. The maximum Gasteiger partial charge on any atom is 0.317 e. The monoisotopic (exact) mass is 307 g/mol. The molecule has 0 aromatic carbocycles. The van der Waals surface area contributed by atoms with Crippen LogP contribution in [0.2, 0.25) is 0 Å². The van der Waals surface area contributed by atoms with Gasteiger partial charge in [0.1, 0.15) is 11.4 Å². The molecule has 1 aromatic rings. The van der Waals surface area contributed by atoms with Crippen molar-refractivity contribution >= 4 is 12.0 Å². The zero-order valence-corrected chi connectivity index (χ0v) is 12.8. The summed E-state index contributed by atoms with van der Waals surface area (Å²) in [5.74, 6) is -0.571.